The average Bonchev–Trinajstić information content (AvgIpc) is 3.44. The highest BCUT2D eigenvalue weighted by molar-refractivity contribution is 7.93. The van der Waals surface area contributed by atoms with Crippen LogP contribution in [0.3, 0.4) is 0 Å². The second kappa shape index (κ2) is 12.4. The van der Waals surface area contributed by atoms with E-state index in [2.05, 4.69) is 35.8 Å². The molecule has 0 aliphatic carbocycles. The lowest BCUT2D eigenvalue weighted by Crippen LogP contribution is -2.68. The summed E-state index contributed by atoms with van der Waals surface area (Å²) in [5.41, 5.74) is 0.409. The first kappa shape index (κ1) is 29.6. The molecule has 1 heterocycles. The van der Waals surface area contributed by atoms with E-state index in [1.54, 1.807) is 5.38 Å². The first-order valence-electron chi connectivity index (χ1n) is 12.8. The van der Waals surface area contributed by atoms with E-state index in [9.17, 15) is 18.3 Å². The number of nitrogens with zero attached hydrogens (tertiary/aromatic N) is 1. The smallest absolute Gasteiger partial charge is 0.263 e. The standard InChI is InChI=1S/C29H33N3O5S2Si/c1-29(2,3)40(24-10-6-4-7-11-24,25-12-8-5-9-13-25)37-26(18-20-33)27(34)31-22-14-16-23(17-15-22)39(35,36)32-28-30-19-21-38-28/h4-17,19,21,26,33H,18,20H2,1-3H3,(H,30,32)(H,31,34). The van der Waals surface area contributed by atoms with Gasteiger partial charge in [-0.2, -0.15) is 0 Å². The summed E-state index contributed by atoms with van der Waals surface area (Å²) < 4.78 is 34.7. The molecule has 8 nitrogen and oxygen atoms in total. The SMILES string of the molecule is CC(C)(C)[Si](OC(CCO)C(=O)Nc1ccc(S(=O)(=O)Nc2nccs2)cc1)(c1ccccc1)c1ccccc1. The maximum absolute atomic E-state index is 13.6. The van der Waals surface area contributed by atoms with Crippen LogP contribution in [-0.4, -0.2) is 45.4 Å². The predicted octanol–water partition coefficient (Wildman–Crippen LogP) is 4.21. The molecule has 0 aliphatic rings. The third-order valence-electron chi connectivity index (χ3n) is 6.51. The fraction of sp³-hybridized carbons (Fsp3) is 0.241. The van der Waals surface area contributed by atoms with Crippen molar-refractivity contribution in [2.75, 3.05) is 16.6 Å². The quantitative estimate of drug-likeness (QED) is 0.224. The number of thiazole rings is 1. The minimum atomic E-state index is -3.82. The van der Waals surface area contributed by atoms with Crippen LogP contribution in [0.15, 0.2) is 101 Å². The summed E-state index contributed by atoms with van der Waals surface area (Å²) in [5, 5.41) is 16.4. The lowest BCUT2D eigenvalue weighted by atomic mass is 10.2. The Balaban J connectivity index is 1.62. The number of carbonyl (C=O) groups is 1. The summed E-state index contributed by atoms with van der Waals surface area (Å²) in [6.07, 6.45) is 0.658. The molecular weight excluding hydrogens is 563 g/mol. The van der Waals surface area contributed by atoms with Gasteiger partial charge in [-0.25, -0.2) is 13.4 Å². The summed E-state index contributed by atoms with van der Waals surface area (Å²) in [4.78, 5) is 17.6. The Hall–Kier alpha value is -3.35. The van der Waals surface area contributed by atoms with Crippen molar-refractivity contribution < 1.29 is 22.7 Å². The Morgan fingerprint density at radius 3 is 2.02 bits per heavy atom. The molecular formula is C29H33N3O5S2Si. The van der Waals surface area contributed by atoms with Gasteiger partial charge in [-0.05, 0) is 39.7 Å². The van der Waals surface area contributed by atoms with Gasteiger partial charge in [-0.1, -0.05) is 81.4 Å². The maximum atomic E-state index is 13.6. The van der Waals surface area contributed by atoms with Crippen LogP contribution in [0.5, 0.6) is 0 Å². The molecule has 40 heavy (non-hydrogen) atoms. The topological polar surface area (TPSA) is 118 Å². The molecule has 0 saturated heterocycles. The molecule has 210 valence electrons. The molecule has 0 aliphatic heterocycles. The van der Waals surface area contributed by atoms with Crippen LogP contribution in [0.4, 0.5) is 10.8 Å². The third-order valence-corrected chi connectivity index (χ3v) is 13.7. The largest absolute Gasteiger partial charge is 0.396 e. The van der Waals surface area contributed by atoms with Gasteiger partial charge in [0.15, 0.2) is 5.13 Å². The fourth-order valence-electron chi connectivity index (χ4n) is 4.65. The maximum Gasteiger partial charge on any atom is 0.263 e. The molecule has 11 heteroatoms. The van der Waals surface area contributed by atoms with E-state index in [-0.39, 0.29) is 28.1 Å². The zero-order valence-corrected chi connectivity index (χ0v) is 25.2. The monoisotopic (exact) mass is 595 g/mol. The Morgan fingerprint density at radius 2 is 1.55 bits per heavy atom. The van der Waals surface area contributed by atoms with Crippen LogP contribution in [0, 0.1) is 0 Å². The van der Waals surface area contributed by atoms with Crippen LogP contribution in [0.25, 0.3) is 0 Å². The lowest BCUT2D eigenvalue weighted by Gasteiger charge is -2.44. The van der Waals surface area contributed by atoms with Crippen molar-refractivity contribution in [1.82, 2.24) is 4.98 Å². The van der Waals surface area contributed by atoms with Gasteiger partial charge in [0.05, 0.1) is 4.90 Å². The molecule has 1 amide bonds. The van der Waals surface area contributed by atoms with Crippen molar-refractivity contribution in [3.8, 4) is 0 Å². The minimum Gasteiger partial charge on any atom is -0.396 e. The zero-order valence-electron chi connectivity index (χ0n) is 22.6. The summed E-state index contributed by atoms with van der Waals surface area (Å²) in [6.45, 7) is 6.11. The molecule has 0 spiro atoms. The first-order chi connectivity index (χ1) is 19.1. The van der Waals surface area contributed by atoms with Gasteiger partial charge in [0.1, 0.15) is 6.10 Å². The highest BCUT2D eigenvalue weighted by Gasteiger charge is 2.52. The van der Waals surface area contributed by atoms with Crippen molar-refractivity contribution in [3.05, 3.63) is 96.5 Å². The van der Waals surface area contributed by atoms with E-state index in [1.807, 2.05) is 60.7 Å². The number of rotatable bonds is 11. The molecule has 1 unspecified atom stereocenters. The van der Waals surface area contributed by atoms with Gasteiger partial charge >= 0.3 is 0 Å². The van der Waals surface area contributed by atoms with Crippen LogP contribution in [0.2, 0.25) is 5.04 Å². The fourth-order valence-corrected chi connectivity index (χ4v) is 11.1. The molecule has 1 atom stereocenters. The van der Waals surface area contributed by atoms with Gasteiger partial charge in [0.2, 0.25) is 0 Å². The van der Waals surface area contributed by atoms with E-state index in [4.69, 9.17) is 4.43 Å². The van der Waals surface area contributed by atoms with Gasteiger partial charge in [-0.3, -0.25) is 9.52 Å². The van der Waals surface area contributed by atoms with Crippen molar-refractivity contribution in [3.63, 3.8) is 0 Å². The average molecular weight is 596 g/mol. The Kier molecular flexibility index (Phi) is 9.21. The summed E-state index contributed by atoms with van der Waals surface area (Å²) in [7, 11) is -6.88. The number of nitrogens with one attached hydrogen (secondary N) is 2. The summed E-state index contributed by atoms with van der Waals surface area (Å²) >= 11 is 1.18. The molecule has 1 aromatic heterocycles. The number of sulfonamides is 1. The van der Waals surface area contributed by atoms with E-state index >= 15 is 0 Å². The zero-order chi connectivity index (χ0) is 28.8. The second-order valence-corrected chi connectivity index (χ2v) is 17.1. The van der Waals surface area contributed by atoms with E-state index < -0.39 is 30.4 Å². The molecule has 4 aromatic rings. The lowest BCUT2D eigenvalue weighted by molar-refractivity contribution is -0.123. The molecule has 0 saturated carbocycles. The number of hydrogen-bond acceptors (Lipinski definition) is 7. The summed E-state index contributed by atoms with van der Waals surface area (Å²) in [6, 6.07) is 25.8. The highest BCUT2D eigenvalue weighted by atomic mass is 32.2. The molecule has 3 aromatic carbocycles. The van der Waals surface area contributed by atoms with Crippen molar-refractivity contribution in [2.24, 2.45) is 0 Å². The predicted molar refractivity (Wildman–Crippen MR) is 162 cm³/mol. The van der Waals surface area contributed by atoms with Crippen molar-refractivity contribution >= 4 is 56.8 Å². The first-order valence-corrected chi connectivity index (χ1v) is 17.1. The molecule has 0 bridgehead atoms. The van der Waals surface area contributed by atoms with E-state index in [1.165, 1.54) is 41.8 Å². The molecule has 0 radical (unpaired) electrons. The number of aromatic nitrogens is 1. The normalized spacial score (nSPS) is 13.0. The molecule has 3 N–H and O–H groups in total. The van der Waals surface area contributed by atoms with Gasteiger partial charge in [0, 0.05) is 30.3 Å². The van der Waals surface area contributed by atoms with Gasteiger partial charge in [0.25, 0.3) is 24.2 Å². The number of hydrogen-bond donors (Lipinski definition) is 3. The van der Waals surface area contributed by atoms with Crippen molar-refractivity contribution in [1.29, 1.82) is 0 Å². The highest BCUT2D eigenvalue weighted by Crippen LogP contribution is 2.38. The van der Waals surface area contributed by atoms with Gasteiger partial charge < -0.3 is 14.8 Å². The van der Waals surface area contributed by atoms with Crippen LogP contribution >= 0.6 is 11.3 Å². The minimum absolute atomic E-state index is 0.0381. The Labute approximate surface area is 240 Å². The number of benzene rings is 3. The number of carbonyl (C=O) groups excluding carboxylic acids is 1. The van der Waals surface area contributed by atoms with E-state index in [0.717, 1.165) is 10.4 Å². The number of amides is 1. The molecule has 4 rings (SSSR count). The van der Waals surface area contributed by atoms with Crippen molar-refractivity contribution in [2.45, 2.75) is 43.2 Å². The number of aliphatic hydroxyl groups excluding tert-OH is 1. The number of aliphatic hydroxyl groups is 1. The van der Waals surface area contributed by atoms with E-state index in [0.29, 0.717) is 5.69 Å². The Bertz CT molecular complexity index is 1450. The van der Waals surface area contributed by atoms with Gasteiger partial charge in [-0.15, -0.1) is 11.3 Å². The number of anilines is 2. The van der Waals surface area contributed by atoms with Crippen LogP contribution in [0.1, 0.15) is 27.2 Å². The Morgan fingerprint density at radius 1 is 0.975 bits per heavy atom. The third kappa shape index (κ3) is 6.51. The molecule has 0 fully saturated rings. The summed E-state index contributed by atoms with van der Waals surface area (Å²) in [5.74, 6) is -0.418. The second-order valence-electron chi connectivity index (χ2n) is 10.2. The van der Waals surface area contributed by atoms with Crippen LogP contribution in [-0.2, 0) is 19.2 Å². The van der Waals surface area contributed by atoms with Crippen LogP contribution < -0.4 is 20.4 Å².